The first-order chi connectivity index (χ1) is 13.0. The number of aromatic amines is 1. The Morgan fingerprint density at radius 2 is 2.15 bits per heavy atom. The molecule has 0 saturated heterocycles. The van der Waals surface area contributed by atoms with E-state index in [1.54, 1.807) is 25.1 Å². The minimum atomic E-state index is -1.12. The highest BCUT2D eigenvalue weighted by molar-refractivity contribution is 6.04. The average Bonchev–Trinajstić information content (AvgIpc) is 3.22. The number of rotatable bonds is 6. The van der Waals surface area contributed by atoms with Crippen LogP contribution in [0.4, 0.5) is 5.69 Å². The SMILES string of the molecule is CCc1oc(C(=O)Nc2cccc(-c3n[nH]c(C4CC4)n3)c2)cc1C(=O)O. The summed E-state index contributed by atoms with van der Waals surface area (Å²) in [6, 6.07) is 8.40. The first-order valence-corrected chi connectivity index (χ1v) is 8.75. The highest BCUT2D eigenvalue weighted by atomic mass is 16.4. The van der Waals surface area contributed by atoms with Crippen LogP contribution in [0.25, 0.3) is 11.4 Å². The van der Waals surface area contributed by atoms with E-state index in [1.807, 2.05) is 6.07 Å². The molecular weight excluding hydrogens is 348 g/mol. The van der Waals surface area contributed by atoms with Gasteiger partial charge in [-0.2, -0.15) is 5.10 Å². The average molecular weight is 366 g/mol. The fraction of sp³-hybridized carbons (Fsp3) is 0.263. The van der Waals surface area contributed by atoms with Crippen LogP contribution >= 0.6 is 0 Å². The van der Waals surface area contributed by atoms with E-state index in [9.17, 15) is 14.7 Å². The molecule has 2 aromatic heterocycles. The van der Waals surface area contributed by atoms with Crippen molar-refractivity contribution >= 4 is 17.6 Å². The van der Waals surface area contributed by atoms with Gasteiger partial charge in [0.15, 0.2) is 11.6 Å². The fourth-order valence-electron chi connectivity index (χ4n) is 2.86. The normalized spacial score (nSPS) is 13.5. The molecule has 1 amide bonds. The van der Waals surface area contributed by atoms with Crippen LogP contribution in [0.2, 0.25) is 0 Å². The van der Waals surface area contributed by atoms with Crippen molar-refractivity contribution in [3.8, 4) is 11.4 Å². The van der Waals surface area contributed by atoms with Crippen LogP contribution in [0, 0.1) is 0 Å². The van der Waals surface area contributed by atoms with Gasteiger partial charge in [0.1, 0.15) is 17.1 Å². The maximum Gasteiger partial charge on any atom is 0.339 e. The molecule has 27 heavy (non-hydrogen) atoms. The number of carbonyl (C=O) groups excluding carboxylic acids is 1. The Kier molecular flexibility index (Phi) is 4.23. The van der Waals surface area contributed by atoms with E-state index in [1.165, 1.54) is 6.07 Å². The van der Waals surface area contributed by atoms with Crippen LogP contribution in [0.5, 0.6) is 0 Å². The second kappa shape index (κ2) is 6.71. The zero-order valence-electron chi connectivity index (χ0n) is 14.7. The highest BCUT2D eigenvalue weighted by Crippen LogP contribution is 2.38. The minimum Gasteiger partial charge on any atom is -0.478 e. The molecule has 4 rings (SSSR count). The molecule has 1 fully saturated rings. The van der Waals surface area contributed by atoms with Gasteiger partial charge in [0.25, 0.3) is 5.91 Å². The van der Waals surface area contributed by atoms with E-state index >= 15 is 0 Å². The van der Waals surface area contributed by atoms with Crippen LogP contribution in [0.15, 0.2) is 34.7 Å². The van der Waals surface area contributed by atoms with Crippen LogP contribution in [-0.4, -0.2) is 32.2 Å². The monoisotopic (exact) mass is 366 g/mol. The third-order valence-electron chi connectivity index (χ3n) is 4.43. The Bertz CT molecular complexity index is 1020. The van der Waals surface area contributed by atoms with Crippen molar-refractivity contribution in [1.29, 1.82) is 0 Å². The number of carboxylic acid groups (broad SMARTS) is 1. The van der Waals surface area contributed by atoms with Crippen LogP contribution in [-0.2, 0) is 6.42 Å². The lowest BCUT2D eigenvalue weighted by Gasteiger charge is -2.04. The number of aromatic carboxylic acids is 1. The first kappa shape index (κ1) is 17.0. The number of hydrogen-bond donors (Lipinski definition) is 3. The molecule has 2 heterocycles. The molecular formula is C19H18N4O4. The lowest BCUT2D eigenvalue weighted by molar-refractivity contribution is 0.0694. The van der Waals surface area contributed by atoms with E-state index in [2.05, 4.69) is 20.5 Å². The molecule has 3 aromatic rings. The zero-order chi connectivity index (χ0) is 19.0. The molecule has 8 heteroatoms. The maximum atomic E-state index is 12.4. The lowest BCUT2D eigenvalue weighted by atomic mass is 10.2. The van der Waals surface area contributed by atoms with Crippen LogP contribution in [0.1, 0.15) is 58.2 Å². The summed E-state index contributed by atoms with van der Waals surface area (Å²) in [5.41, 5.74) is 1.32. The summed E-state index contributed by atoms with van der Waals surface area (Å²) in [5, 5.41) is 19.1. The Morgan fingerprint density at radius 1 is 1.33 bits per heavy atom. The maximum absolute atomic E-state index is 12.4. The number of anilines is 1. The summed E-state index contributed by atoms with van der Waals surface area (Å²) in [4.78, 5) is 28.2. The van der Waals surface area contributed by atoms with Crippen molar-refractivity contribution in [1.82, 2.24) is 15.2 Å². The lowest BCUT2D eigenvalue weighted by Crippen LogP contribution is -2.11. The largest absolute Gasteiger partial charge is 0.478 e. The molecule has 1 aliphatic rings. The number of benzene rings is 1. The quantitative estimate of drug-likeness (QED) is 0.614. The van der Waals surface area contributed by atoms with Crippen molar-refractivity contribution in [2.24, 2.45) is 0 Å². The minimum absolute atomic E-state index is 0.00438. The van der Waals surface area contributed by atoms with Crippen molar-refractivity contribution < 1.29 is 19.1 Å². The number of carbonyl (C=O) groups is 2. The third kappa shape index (κ3) is 3.46. The number of furan rings is 1. The number of nitrogens with zero attached hydrogens (tertiary/aromatic N) is 2. The van der Waals surface area contributed by atoms with Gasteiger partial charge in [0, 0.05) is 29.7 Å². The van der Waals surface area contributed by atoms with Gasteiger partial charge in [-0.05, 0) is 25.0 Å². The number of nitrogens with one attached hydrogen (secondary N) is 2. The number of H-pyrrole nitrogens is 1. The van der Waals surface area contributed by atoms with Crippen molar-refractivity contribution in [2.45, 2.75) is 32.1 Å². The Labute approximate surface area is 154 Å². The topological polar surface area (TPSA) is 121 Å². The number of aromatic nitrogens is 3. The Balaban J connectivity index is 1.54. The summed E-state index contributed by atoms with van der Waals surface area (Å²) in [5.74, 6) is 0.550. The van der Waals surface area contributed by atoms with Gasteiger partial charge in [-0.25, -0.2) is 9.78 Å². The standard InChI is InChI=1S/C19H18N4O4/c1-2-14-13(19(25)26)9-15(27-14)18(24)20-12-5-3-4-11(8-12)17-21-16(22-23-17)10-6-7-10/h3-5,8-10H,2,6-7H2,1H3,(H,20,24)(H,25,26)(H,21,22,23). The molecule has 1 aromatic carbocycles. The summed E-state index contributed by atoms with van der Waals surface area (Å²) < 4.78 is 5.39. The molecule has 1 aliphatic carbocycles. The number of aryl methyl sites for hydroxylation is 1. The van der Waals surface area contributed by atoms with Gasteiger partial charge in [-0.1, -0.05) is 19.1 Å². The van der Waals surface area contributed by atoms with Gasteiger partial charge < -0.3 is 14.8 Å². The summed E-state index contributed by atoms with van der Waals surface area (Å²) >= 11 is 0. The molecule has 138 valence electrons. The molecule has 0 bridgehead atoms. The highest BCUT2D eigenvalue weighted by Gasteiger charge is 2.27. The molecule has 0 atom stereocenters. The molecule has 0 unspecified atom stereocenters. The van der Waals surface area contributed by atoms with E-state index in [-0.39, 0.29) is 17.1 Å². The number of hydrogen-bond acceptors (Lipinski definition) is 5. The molecule has 0 spiro atoms. The van der Waals surface area contributed by atoms with E-state index < -0.39 is 11.9 Å². The van der Waals surface area contributed by atoms with E-state index in [0.29, 0.717) is 23.9 Å². The molecule has 3 N–H and O–H groups in total. The Hall–Kier alpha value is -3.42. The molecule has 0 radical (unpaired) electrons. The molecule has 0 aliphatic heterocycles. The van der Waals surface area contributed by atoms with Crippen molar-refractivity contribution in [3.05, 3.63) is 53.2 Å². The van der Waals surface area contributed by atoms with Crippen LogP contribution < -0.4 is 5.32 Å². The molecule has 8 nitrogen and oxygen atoms in total. The van der Waals surface area contributed by atoms with Gasteiger partial charge in [0.05, 0.1) is 0 Å². The van der Waals surface area contributed by atoms with Crippen molar-refractivity contribution in [2.75, 3.05) is 5.32 Å². The van der Waals surface area contributed by atoms with E-state index in [4.69, 9.17) is 4.42 Å². The second-order valence-corrected chi connectivity index (χ2v) is 6.46. The summed E-state index contributed by atoms with van der Waals surface area (Å²) in [7, 11) is 0. The zero-order valence-corrected chi connectivity index (χ0v) is 14.7. The van der Waals surface area contributed by atoms with Gasteiger partial charge >= 0.3 is 5.97 Å². The Morgan fingerprint density at radius 3 is 2.81 bits per heavy atom. The fourth-order valence-corrected chi connectivity index (χ4v) is 2.86. The van der Waals surface area contributed by atoms with Gasteiger partial charge in [-0.3, -0.25) is 9.89 Å². The van der Waals surface area contributed by atoms with Crippen LogP contribution in [0.3, 0.4) is 0 Å². The van der Waals surface area contributed by atoms with E-state index in [0.717, 1.165) is 24.2 Å². The third-order valence-corrected chi connectivity index (χ3v) is 4.43. The predicted octanol–water partition coefficient (Wildman–Crippen LogP) is 3.46. The van der Waals surface area contributed by atoms with Gasteiger partial charge in [-0.15, -0.1) is 0 Å². The molecule has 1 saturated carbocycles. The smallest absolute Gasteiger partial charge is 0.339 e. The second-order valence-electron chi connectivity index (χ2n) is 6.46. The first-order valence-electron chi connectivity index (χ1n) is 8.75. The summed E-state index contributed by atoms with van der Waals surface area (Å²) in [6.45, 7) is 1.77. The van der Waals surface area contributed by atoms with Gasteiger partial charge in [0.2, 0.25) is 0 Å². The number of amides is 1. The van der Waals surface area contributed by atoms with Crippen molar-refractivity contribution in [3.63, 3.8) is 0 Å². The predicted molar refractivity (Wildman–Crippen MR) is 96.8 cm³/mol. The number of carboxylic acids is 1. The summed E-state index contributed by atoms with van der Waals surface area (Å²) in [6.07, 6.45) is 2.65.